The average Bonchev–Trinajstić information content (AvgIpc) is 2.84. The Morgan fingerprint density at radius 1 is 1.11 bits per heavy atom. The number of nitrogens with zero attached hydrogens (tertiary/aromatic N) is 3. The fourth-order valence-corrected chi connectivity index (χ4v) is 5.59. The van der Waals surface area contributed by atoms with Crippen LogP contribution in [0.15, 0.2) is 39.5 Å². The summed E-state index contributed by atoms with van der Waals surface area (Å²) in [4.78, 5) is 32.6. The molecule has 2 N–H and O–H groups in total. The number of fused-ring (bicyclic) bond motifs is 3. The molecule has 184 valence electrons. The van der Waals surface area contributed by atoms with Gasteiger partial charge in [0.05, 0.1) is 22.8 Å². The standard InChI is InChI=1S/C27H31ClN4O3/c1-15-12-32(13-16(2)30(15)4)24-8-6-20-19-9-10-31(14-21(19)27(34)35-25(20)17(24)3)26(33)18-5-7-23(29)22(28)11-18/h5-8,11,15-16H,9-10,12-14,29H2,1-4H3. The molecule has 1 amide bonds. The van der Waals surface area contributed by atoms with E-state index in [1.165, 1.54) is 0 Å². The molecule has 0 spiro atoms. The van der Waals surface area contributed by atoms with Gasteiger partial charge in [-0.2, -0.15) is 0 Å². The van der Waals surface area contributed by atoms with E-state index in [2.05, 4.69) is 42.8 Å². The predicted molar refractivity (Wildman–Crippen MR) is 140 cm³/mol. The molecule has 0 saturated carbocycles. The van der Waals surface area contributed by atoms with Crippen molar-refractivity contribution in [3.63, 3.8) is 0 Å². The molecule has 5 rings (SSSR count). The number of aryl methyl sites for hydroxylation is 1. The van der Waals surface area contributed by atoms with E-state index in [1.807, 2.05) is 6.92 Å². The van der Waals surface area contributed by atoms with Crippen molar-refractivity contribution in [3.8, 4) is 0 Å². The molecule has 0 radical (unpaired) electrons. The Morgan fingerprint density at radius 3 is 2.51 bits per heavy atom. The monoisotopic (exact) mass is 494 g/mol. The van der Waals surface area contributed by atoms with Gasteiger partial charge >= 0.3 is 5.63 Å². The minimum absolute atomic E-state index is 0.179. The number of likely N-dealkylation sites (N-methyl/N-ethyl adjacent to an activating group) is 1. The van der Waals surface area contributed by atoms with E-state index in [-0.39, 0.29) is 18.1 Å². The quantitative estimate of drug-likeness (QED) is 0.427. The Kier molecular flexibility index (Phi) is 6.01. The first kappa shape index (κ1) is 23.7. The molecule has 8 heteroatoms. The molecule has 35 heavy (non-hydrogen) atoms. The molecule has 1 fully saturated rings. The van der Waals surface area contributed by atoms with E-state index in [1.54, 1.807) is 23.1 Å². The summed E-state index contributed by atoms with van der Waals surface area (Å²) in [6, 6.07) is 9.95. The van der Waals surface area contributed by atoms with Crippen molar-refractivity contribution in [2.75, 3.05) is 37.3 Å². The van der Waals surface area contributed by atoms with Gasteiger partial charge in [0.15, 0.2) is 0 Å². The molecular formula is C27H31ClN4O3. The zero-order valence-corrected chi connectivity index (χ0v) is 21.4. The van der Waals surface area contributed by atoms with Gasteiger partial charge in [-0.3, -0.25) is 9.69 Å². The highest BCUT2D eigenvalue weighted by Crippen LogP contribution is 2.34. The third kappa shape index (κ3) is 4.06. The van der Waals surface area contributed by atoms with Crippen LogP contribution in [0.4, 0.5) is 11.4 Å². The van der Waals surface area contributed by atoms with E-state index in [4.69, 9.17) is 21.8 Å². The molecule has 0 aliphatic carbocycles. The molecular weight excluding hydrogens is 464 g/mol. The average molecular weight is 495 g/mol. The van der Waals surface area contributed by atoms with Gasteiger partial charge < -0.3 is 20.0 Å². The van der Waals surface area contributed by atoms with E-state index in [9.17, 15) is 9.59 Å². The molecule has 2 atom stereocenters. The first-order chi connectivity index (χ1) is 16.7. The van der Waals surface area contributed by atoms with Gasteiger partial charge in [-0.1, -0.05) is 11.6 Å². The van der Waals surface area contributed by atoms with E-state index < -0.39 is 0 Å². The molecule has 2 unspecified atom stereocenters. The highest BCUT2D eigenvalue weighted by molar-refractivity contribution is 6.33. The van der Waals surface area contributed by atoms with Crippen LogP contribution in [0, 0.1) is 6.92 Å². The zero-order chi connectivity index (χ0) is 25.0. The Bertz CT molecular complexity index is 1370. The predicted octanol–water partition coefficient (Wildman–Crippen LogP) is 4.06. The summed E-state index contributed by atoms with van der Waals surface area (Å²) in [7, 11) is 2.17. The van der Waals surface area contributed by atoms with Crippen molar-refractivity contribution >= 4 is 39.9 Å². The van der Waals surface area contributed by atoms with Crippen molar-refractivity contribution in [1.29, 1.82) is 0 Å². The number of nitrogen functional groups attached to an aromatic ring is 1. The lowest BCUT2D eigenvalue weighted by atomic mass is 9.95. The molecule has 2 aliphatic rings. The van der Waals surface area contributed by atoms with Gasteiger partial charge in [0.25, 0.3) is 5.91 Å². The number of amides is 1. The van der Waals surface area contributed by atoms with Crippen LogP contribution in [0.1, 0.15) is 40.9 Å². The maximum atomic E-state index is 13.1. The minimum Gasteiger partial charge on any atom is -0.422 e. The summed E-state index contributed by atoms with van der Waals surface area (Å²) in [6.07, 6.45) is 0.591. The van der Waals surface area contributed by atoms with Crippen LogP contribution in [-0.2, 0) is 13.0 Å². The number of rotatable bonds is 2. The minimum atomic E-state index is -0.374. The smallest absolute Gasteiger partial charge is 0.341 e. The Hall–Kier alpha value is -3.03. The van der Waals surface area contributed by atoms with Crippen LogP contribution in [-0.4, -0.2) is 54.5 Å². The van der Waals surface area contributed by atoms with Gasteiger partial charge in [-0.25, -0.2) is 4.79 Å². The molecule has 1 saturated heterocycles. The second-order valence-electron chi connectivity index (χ2n) is 9.91. The number of nitrogens with two attached hydrogens (primary N) is 1. The first-order valence-corrected chi connectivity index (χ1v) is 12.4. The van der Waals surface area contributed by atoms with Gasteiger partial charge in [0, 0.05) is 53.9 Å². The first-order valence-electron chi connectivity index (χ1n) is 12.0. The van der Waals surface area contributed by atoms with Crippen LogP contribution >= 0.6 is 11.6 Å². The zero-order valence-electron chi connectivity index (χ0n) is 20.6. The number of anilines is 2. The topological polar surface area (TPSA) is 83.0 Å². The van der Waals surface area contributed by atoms with Crippen molar-refractivity contribution < 1.29 is 9.21 Å². The normalized spacial score (nSPS) is 20.8. The van der Waals surface area contributed by atoms with E-state index in [0.717, 1.165) is 35.3 Å². The number of benzene rings is 2. The third-order valence-electron chi connectivity index (χ3n) is 7.72. The lowest BCUT2D eigenvalue weighted by Gasteiger charge is -2.44. The number of halogens is 1. The maximum Gasteiger partial charge on any atom is 0.341 e. The van der Waals surface area contributed by atoms with E-state index in [0.29, 0.717) is 52.5 Å². The van der Waals surface area contributed by atoms with Gasteiger partial charge in [-0.05, 0) is 70.1 Å². The lowest BCUT2D eigenvalue weighted by Crippen LogP contribution is -2.55. The Labute approximate surface area is 210 Å². The second-order valence-corrected chi connectivity index (χ2v) is 10.3. The number of hydrogen-bond acceptors (Lipinski definition) is 6. The fourth-order valence-electron chi connectivity index (χ4n) is 5.41. The van der Waals surface area contributed by atoms with Crippen molar-refractivity contribution in [1.82, 2.24) is 9.80 Å². The number of piperazine rings is 1. The summed E-state index contributed by atoms with van der Waals surface area (Å²) in [5, 5.41) is 1.30. The maximum absolute atomic E-state index is 13.1. The van der Waals surface area contributed by atoms with Crippen molar-refractivity contribution in [2.45, 2.75) is 45.8 Å². The Morgan fingerprint density at radius 2 is 1.83 bits per heavy atom. The summed E-state index contributed by atoms with van der Waals surface area (Å²) >= 11 is 6.11. The number of carbonyl (C=O) groups is 1. The summed E-state index contributed by atoms with van der Waals surface area (Å²) in [6.45, 7) is 9.08. The van der Waals surface area contributed by atoms with Gasteiger partial charge in [-0.15, -0.1) is 0 Å². The third-order valence-corrected chi connectivity index (χ3v) is 8.05. The number of carbonyl (C=O) groups excluding carboxylic acids is 1. The van der Waals surface area contributed by atoms with Gasteiger partial charge in [0.2, 0.25) is 0 Å². The van der Waals surface area contributed by atoms with Crippen LogP contribution in [0.3, 0.4) is 0 Å². The van der Waals surface area contributed by atoms with Crippen LogP contribution in [0.25, 0.3) is 11.0 Å². The van der Waals surface area contributed by atoms with Gasteiger partial charge in [0.1, 0.15) is 5.58 Å². The summed E-state index contributed by atoms with van der Waals surface area (Å²) in [5.41, 5.74) is 10.6. The largest absolute Gasteiger partial charge is 0.422 e. The SMILES string of the molecule is Cc1c(N2CC(C)N(C)C(C)C2)ccc2c3c(c(=O)oc12)CN(C(=O)c1ccc(N)c(Cl)c1)CC3. The molecule has 3 heterocycles. The molecule has 2 aliphatic heterocycles. The highest BCUT2D eigenvalue weighted by atomic mass is 35.5. The second kappa shape index (κ2) is 8.88. The molecule has 2 aromatic carbocycles. The number of hydrogen-bond donors (Lipinski definition) is 1. The van der Waals surface area contributed by atoms with Crippen LogP contribution < -0.4 is 16.3 Å². The van der Waals surface area contributed by atoms with Crippen molar-refractivity contribution in [2.24, 2.45) is 0 Å². The molecule has 0 bridgehead atoms. The fraction of sp³-hybridized carbons (Fsp3) is 0.407. The molecule has 7 nitrogen and oxygen atoms in total. The summed E-state index contributed by atoms with van der Waals surface area (Å²) < 4.78 is 5.90. The Balaban J connectivity index is 1.48. The highest BCUT2D eigenvalue weighted by Gasteiger charge is 2.30. The summed E-state index contributed by atoms with van der Waals surface area (Å²) in [5.74, 6) is -0.179. The molecule has 3 aromatic rings. The van der Waals surface area contributed by atoms with E-state index >= 15 is 0 Å². The lowest BCUT2D eigenvalue weighted by molar-refractivity contribution is 0.0733. The van der Waals surface area contributed by atoms with Crippen LogP contribution in [0.5, 0.6) is 0 Å². The molecule has 1 aromatic heterocycles. The van der Waals surface area contributed by atoms with Crippen molar-refractivity contribution in [3.05, 3.63) is 68.0 Å². The van der Waals surface area contributed by atoms with Crippen LogP contribution in [0.2, 0.25) is 5.02 Å².